The molecule has 1 aliphatic heterocycles. The lowest BCUT2D eigenvalue weighted by Gasteiger charge is -2.49. The van der Waals surface area contributed by atoms with Crippen LogP contribution in [0.2, 0.25) is 0 Å². The average molecular weight is 529 g/mol. The number of fused-ring (bicyclic) bond motifs is 2. The van der Waals surface area contributed by atoms with Gasteiger partial charge in [-0.3, -0.25) is 9.47 Å². The van der Waals surface area contributed by atoms with E-state index in [9.17, 15) is 14.7 Å². The number of aromatic nitrogens is 1. The van der Waals surface area contributed by atoms with Gasteiger partial charge >= 0.3 is 12.1 Å². The third-order valence-electron chi connectivity index (χ3n) is 9.66. The number of quaternary nitrogens is 1. The summed E-state index contributed by atoms with van der Waals surface area (Å²) in [5.74, 6) is 0.832. The normalized spacial score (nSPS) is 21.9. The first-order chi connectivity index (χ1) is 18.9. The van der Waals surface area contributed by atoms with Gasteiger partial charge in [0.25, 0.3) is 0 Å². The molecular weight excluding hydrogens is 490 g/mol. The predicted molar refractivity (Wildman–Crippen MR) is 151 cm³/mol. The Morgan fingerprint density at radius 1 is 0.949 bits per heavy atom. The molecule has 2 aromatic carbocycles. The lowest BCUT2D eigenvalue weighted by atomic mass is 9.84. The minimum Gasteiger partial charge on any atom is -0.449 e. The second kappa shape index (κ2) is 10.6. The van der Waals surface area contributed by atoms with Crippen LogP contribution in [-0.4, -0.2) is 52.8 Å². The highest BCUT2D eigenvalue weighted by atomic mass is 16.7. The number of rotatable bonds is 5. The lowest BCUT2D eigenvalue weighted by molar-refractivity contribution is -0.893. The SMILES string of the molecule is C[N+](C(=O)C1CCCCC1)(C1CCN(c2ccc3cnccc3c2)CC1)C1CCc2ccc(OC(=O)O)cc21. The van der Waals surface area contributed by atoms with Gasteiger partial charge in [0, 0.05) is 61.4 Å². The number of ether oxygens (including phenoxy) is 1. The zero-order chi connectivity index (χ0) is 27.0. The van der Waals surface area contributed by atoms with Crippen LogP contribution in [0.3, 0.4) is 0 Å². The maximum atomic E-state index is 14.5. The smallest absolute Gasteiger partial charge is 0.449 e. The molecule has 1 aromatic heterocycles. The summed E-state index contributed by atoms with van der Waals surface area (Å²) in [5.41, 5.74) is 3.52. The van der Waals surface area contributed by atoms with Crippen LogP contribution >= 0.6 is 0 Å². The number of pyridine rings is 1. The van der Waals surface area contributed by atoms with Crippen molar-refractivity contribution in [1.82, 2.24) is 4.98 Å². The number of piperidine rings is 1. The van der Waals surface area contributed by atoms with Gasteiger partial charge in [-0.15, -0.1) is 0 Å². The fourth-order valence-corrected chi connectivity index (χ4v) is 7.54. The Bertz CT molecular complexity index is 1380. The Morgan fingerprint density at radius 2 is 1.74 bits per heavy atom. The van der Waals surface area contributed by atoms with Gasteiger partial charge in [-0.2, -0.15) is 0 Å². The molecule has 1 amide bonds. The highest BCUT2D eigenvalue weighted by molar-refractivity contribution is 5.85. The van der Waals surface area contributed by atoms with Crippen molar-refractivity contribution in [3.8, 4) is 5.75 Å². The fraction of sp³-hybridized carbons (Fsp3) is 0.469. The molecule has 7 heteroatoms. The van der Waals surface area contributed by atoms with Crippen molar-refractivity contribution in [2.75, 3.05) is 25.0 Å². The Hall–Kier alpha value is -3.45. The van der Waals surface area contributed by atoms with E-state index >= 15 is 0 Å². The molecule has 2 atom stereocenters. The van der Waals surface area contributed by atoms with Crippen LogP contribution in [0.15, 0.2) is 54.9 Å². The van der Waals surface area contributed by atoms with E-state index in [1.807, 2.05) is 24.5 Å². The van der Waals surface area contributed by atoms with Crippen LogP contribution in [0.4, 0.5) is 10.5 Å². The summed E-state index contributed by atoms with van der Waals surface area (Å²) < 4.78 is 5.45. The Labute approximate surface area is 230 Å². The molecule has 6 rings (SSSR count). The van der Waals surface area contributed by atoms with Gasteiger partial charge < -0.3 is 14.7 Å². The van der Waals surface area contributed by atoms with Crippen LogP contribution in [0.25, 0.3) is 10.8 Å². The van der Waals surface area contributed by atoms with Crippen molar-refractivity contribution in [1.29, 1.82) is 0 Å². The first-order valence-corrected chi connectivity index (χ1v) is 14.5. The number of benzene rings is 2. The maximum absolute atomic E-state index is 14.5. The van der Waals surface area contributed by atoms with Crippen LogP contribution in [-0.2, 0) is 11.2 Å². The van der Waals surface area contributed by atoms with E-state index in [-0.39, 0.29) is 18.0 Å². The van der Waals surface area contributed by atoms with E-state index in [2.05, 4.69) is 41.2 Å². The predicted octanol–water partition coefficient (Wildman–Crippen LogP) is 6.50. The Morgan fingerprint density at radius 3 is 2.51 bits per heavy atom. The summed E-state index contributed by atoms with van der Waals surface area (Å²) in [7, 11) is 2.19. The molecule has 1 N–H and O–H groups in total. The molecule has 3 aromatic rings. The van der Waals surface area contributed by atoms with Crippen LogP contribution in [0.1, 0.15) is 68.5 Å². The Kier molecular flexibility index (Phi) is 7.02. The molecule has 1 saturated heterocycles. The second-order valence-electron chi connectivity index (χ2n) is 11.7. The summed E-state index contributed by atoms with van der Waals surface area (Å²) in [6.45, 7) is 1.82. The molecule has 0 spiro atoms. The molecular formula is C32H38N3O4+. The monoisotopic (exact) mass is 528 g/mol. The third-order valence-corrected chi connectivity index (χ3v) is 9.66. The standard InChI is InChI=1S/C32H37N3O4/c1-35(31(36)23-5-3-2-4-6-23,30-12-9-22-8-11-28(20-29(22)30)39-32(37)38)27-14-17-34(18-15-27)26-10-7-25-21-33-16-13-24(25)19-26/h7-8,10-11,13,16,19-21,23,27,30H,2-6,9,12,14-15,17-18H2,1H3/p+1. The first kappa shape index (κ1) is 25.8. The van der Waals surface area contributed by atoms with Gasteiger partial charge in [-0.05, 0) is 60.5 Å². The molecule has 1 saturated carbocycles. The second-order valence-corrected chi connectivity index (χ2v) is 11.7. The molecule has 204 valence electrons. The molecule has 2 aliphatic carbocycles. The van der Waals surface area contributed by atoms with E-state index in [4.69, 9.17) is 4.74 Å². The summed E-state index contributed by atoms with van der Waals surface area (Å²) in [5, 5.41) is 11.5. The zero-order valence-electron chi connectivity index (χ0n) is 22.7. The fourth-order valence-electron chi connectivity index (χ4n) is 7.54. The number of nitrogens with zero attached hydrogens (tertiary/aromatic N) is 3. The molecule has 3 aliphatic rings. The van der Waals surface area contributed by atoms with E-state index < -0.39 is 6.16 Å². The molecule has 2 heterocycles. The van der Waals surface area contributed by atoms with Crippen molar-refractivity contribution in [3.05, 3.63) is 66.0 Å². The van der Waals surface area contributed by atoms with Crippen molar-refractivity contribution < 1.29 is 23.9 Å². The van der Waals surface area contributed by atoms with Gasteiger partial charge in [-0.1, -0.05) is 31.4 Å². The first-order valence-electron chi connectivity index (χ1n) is 14.5. The number of carbonyl (C=O) groups excluding carboxylic acids is 1. The largest absolute Gasteiger partial charge is 0.511 e. The van der Waals surface area contributed by atoms with Gasteiger partial charge in [0.15, 0.2) is 0 Å². The number of carbonyl (C=O) groups is 2. The van der Waals surface area contributed by atoms with Crippen LogP contribution < -0.4 is 9.64 Å². The van der Waals surface area contributed by atoms with Gasteiger partial charge in [0.1, 0.15) is 11.8 Å². The van der Waals surface area contributed by atoms with Crippen molar-refractivity contribution in [3.63, 3.8) is 0 Å². The number of hydrogen-bond donors (Lipinski definition) is 1. The number of carboxylic acid groups (broad SMARTS) is 1. The third kappa shape index (κ3) is 4.89. The molecule has 2 unspecified atom stereocenters. The van der Waals surface area contributed by atoms with Gasteiger partial charge in [0.05, 0.1) is 19.0 Å². The molecule has 0 bridgehead atoms. The summed E-state index contributed by atoms with van der Waals surface area (Å²) >= 11 is 0. The number of anilines is 1. The Balaban J connectivity index is 1.29. The lowest BCUT2D eigenvalue weighted by Crippen LogP contribution is -2.62. The molecule has 0 radical (unpaired) electrons. The van der Waals surface area contributed by atoms with Gasteiger partial charge in [0.2, 0.25) is 0 Å². The highest BCUT2D eigenvalue weighted by Crippen LogP contribution is 2.46. The van der Waals surface area contributed by atoms with E-state index in [1.54, 1.807) is 6.07 Å². The summed E-state index contributed by atoms with van der Waals surface area (Å²) in [4.78, 5) is 32.4. The highest BCUT2D eigenvalue weighted by Gasteiger charge is 2.52. The van der Waals surface area contributed by atoms with Crippen molar-refractivity contribution in [2.45, 2.75) is 69.9 Å². The summed E-state index contributed by atoms with van der Waals surface area (Å²) in [6, 6.07) is 14.5. The quantitative estimate of drug-likeness (QED) is 0.231. The molecule has 39 heavy (non-hydrogen) atoms. The van der Waals surface area contributed by atoms with E-state index in [0.29, 0.717) is 16.1 Å². The minimum atomic E-state index is -1.31. The number of aryl methyl sites for hydroxylation is 1. The zero-order valence-corrected chi connectivity index (χ0v) is 22.7. The number of hydrogen-bond acceptors (Lipinski definition) is 5. The van der Waals surface area contributed by atoms with Crippen molar-refractivity contribution in [2.24, 2.45) is 5.92 Å². The molecule has 2 fully saturated rings. The van der Waals surface area contributed by atoms with E-state index in [1.165, 1.54) is 23.1 Å². The van der Waals surface area contributed by atoms with Gasteiger partial charge in [-0.25, -0.2) is 9.59 Å². The van der Waals surface area contributed by atoms with Crippen LogP contribution in [0, 0.1) is 5.92 Å². The van der Waals surface area contributed by atoms with Crippen molar-refractivity contribution >= 4 is 28.5 Å². The maximum Gasteiger partial charge on any atom is 0.511 e. The minimum absolute atomic E-state index is 0.0245. The topological polar surface area (TPSA) is 79.7 Å². The number of amides is 1. The van der Waals surface area contributed by atoms with E-state index in [0.717, 1.165) is 75.4 Å². The summed E-state index contributed by atoms with van der Waals surface area (Å²) in [6.07, 6.45) is 11.6. The molecule has 7 nitrogen and oxygen atoms in total. The average Bonchev–Trinajstić information content (AvgIpc) is 3.40. The van der Waals surface area contributed by atoms with Crippen LogP contribution in [0.5, 0.6) is 5.75 Å².